The van der Waals surface area contributed by atoms with Gasteiger partial charge >= 0.3 is 0 Å². The number of hydrogen-bond donors (Lipinski definition) is 1. The van der Waals surface area contributed by atoms with Gasteiger partial charge in [-0.05, 0) is 53.8 Å². The molecule has 1 N–H and O–H groups in total. The highest BCUT2D eigenvalue weighted by Gasteiger charge is 2.19. The molecule has 3 aromatic carbocycles. The molecule has 0 spiro atoms. The predicted octanol–water partition coefficient (Wildman–Crippen LogP) is 5.05. The quantitative estimate of drug-likeness (QED) is 0.669. The van der Waals surface area contributed by atoms with E-state index in [4.69, 9.17) is 0 Å². The molecule has 3 aromatic rings. The van der Waals surface area contributed by atoms with E-state index in [0.29, 0.717) is 12.8 Å². The van der Waals surface area contributed by atoms with Gasteiger partial charge in [0.15, 0.2) is 0 Å². The summed E-state index contributed by atoms with van der Waals surface area (Å²) in [7, 11) is 0. The van der Waals surface area contributed by atoms with Crippen molar-refractivity contribution in [2.24, 2.45) is 0 Å². The largest absolute Gasteiger partial charge is 0.326 e. The SMILES string of the molecule is O=C(Cc1ccc(-c2ccccc2)cc1)Nc1ccc(N2CCCCC2=O)cc1. The van der Waals surface area contributed by atoms with Gasteiger partial charge in [-0.2, -0.15) is 0 Å². The highest BCUT2D eigenvalue weighted by atomic mass is 16.2. The fourth-order valence-corrected chi connectivity index (χ4v) is 3.64. The number of benzene rings is 3. The molecule has 4 nitrogen and oxygen atoms in total. The van der Waals surface area contributed by atoms with E-state index in [1.54, 1.807) is 0 Å². The van der Waals surface area contributed by atoms with E-state index in [2.05, 4.69) is 17.4 Å². The molecule has 0 saturated carbocycles. The number of piperidine rings is 1. The Morgan fingerprint density at radius 3 is 2.21 bits per heavy atom. The molecule has 0 atom stereocenters. The molecule has 1 aliphatic rings. The van der Waals surface area contributed by atoms with Crippen molar-refractivity contribution in [2.45, 2.75) is 25.7 Å². The van der Waals surface area contributed by atoms with Crippen molar-refractivity contribution in [3.05, 3.63) is 84.4 Å². The third-order valence-corrected chi connectivity index (χ3v) is 5.21. The molecule has 2 amide bonds. The van der Waals surface area contributed by atoms with E-state index in [9.17, 15) is 9.59 Å². The summed E-state index contributed by atoms with van der Waals surface area (Å²) in [6.45, 7) is 0.767. The van der Waals surface area contributed by atoms with Crippen molar-refractivity contribution >= 4 is 23.2 Å². The molecule has 1 saturated heterocycles. The number of carbonyl (C=O) groups is 2. The van der Waals surface area contributed by atoms with Gasteiger partial charge in [0.1, 0.15) is 0 Å². The Kier molecular flexibility index (Phi) is 5.71. The van der Waals surface area contributed by atoms with Crippen LogP contribution in [0.4, 0.5) is 11.4 Å². The molecule has 1 heterocycles. The van der Waals surface area contributed by atoms with Gasteiger partial charge in [-0.25, -0.2) is 0 Å². The monoisotopic (exact) mass is 384 g/mol. The van der Waals surface area contributed by atoms with Crippen LogP contribution < -0.4 is 10.2 Å². The van der Waals surface area contributed by atoms with Crippen molar-refractivity contribution in [3.63, 3.8) is 0 Å². The van der Waals surface area contributed by atoms with Crippen LogP contribution in [-0.2, 0) is 16.0 Å². The fourth-order valence-electron chi connectivity index (χ4n) is 3.64. The number of nitrogens with one attached hydrogen (secondary N) is 1. The Balaban J connectivity index is 1.35. The van der Waals surface area contributed by atoms with Gasteiger partial charge in [0, 0.05) is 24.3 Å². The lowest BCUT2D eigenvalue weighted by Crippen LogP contribution is -2.35. The zero-order valence-corrected chi connectivity index (χ0v) is 16.3. The molecule has 0 aliphatic carbocycles. The normalized spacial score (nSPS) is 13.9. The summed E-state index contributed by atoms with van der Waals surface area (Å²) in [5.74, 6) is 0.117. The smallest absolute Gasteiger partial charge is 0.228 e. The zero-order valence-electron chi connectivity index (χ0n) is 16.3. The van der Waals surface area contributed by atoms with Gasteiger partial charge in [-0.15, -0.1) is 0 Å². The Bertz CT molecular complexity index is 980. The average molecular weight is 384 g/mol. The minimum atomic E-state index is -0.0562. The van der Waals surface area contributed by atoms with E-state index in [1.165, 1.54) is 0 Å². The van der Waals surface area contributed by atoms with Crippen LogP contribution in [0, 0.1) is 0 Å². The standard InChI is InChI=1S/C25H24N2O2/c28-24(18-19-9-11-21(12-10-19)20-6-2-1-3-7-20)26-22-13-15-23(16-14-22)27-17-5-4-8-25(27)29/h1-3,6-7,9-16H,4-5,8,17-18H2,(H,26,28). The Labute approximate surface area is 171 Å². The van der Waals surface area contributed by atoms with Crippen LogP contribution in [0.5, 0.6) is 0 Å². The molecule has 0 unspecified atom stereocenters. The molecule has 0 radical (unpaired) electrons. The van der Waals surface area contributed by atoms with Crippen LogP contribution in [0.3, 0.4) is 0 Å². The van der Waals surface area contributed by atoms with E-state index < -0.39 is 0 Å². The lowest BCUT2D eigenvalue weighted by atomic mass is 10.0. The molecule has 0 aromatic heterocycles. The highest BCUT2D eigenvalue weighted by molar-refractivity contribution is 5.95. The second kappa shape index (κ2) is 8.74. The van der Waals surface area contributed by atoms with Crippen molar-refractivity contribution < 1.29 is 9.59 Å². The summed E-state index contributed by atoms with van der Waals surface area (Å²) in [6, 6.07) is 25.8. The maximum atomic E-state index is 12.4. The first kappa shape index (κ1) is 18.9. The number of anilines is 2. The molecule has 4 rings (SSSR count). The van der Waals surface area contributed by atoms with Gasteiger partial charge < -0.3 is 10.2 Å². The summed E-state index contributed by atoms with van der Waals surface area (Å²) in [4.78, 5) is 26.3. The average Bonchev–Trinajstić information content (AvgIpc) is 2.76. The summed E-state index contributed by atoms with van der Waals surface area (Å²) in [5, 5.41) is 2.94. The van der Waals surface area contributed by atoms with Gasteiger partial charge in [0.2, 0.25) is 11.8 Å². The zero-order chi connectivity index (χ0) is 20.1. The van der Waals surface area contributed by atoms with Crippen LogP contribution >= 0.6 is 0 Å². The molecule has 1 aliphatic heterocycles. The van der Waals surface area contributed by atoms with Crippen LogP contribution in [0.1, 0.15) is 24.8 Å². The first-order chi connectivity index (χ1) is 14.2. The summed E-state index contributed by atoms with van der Waals surface area (Å²) >= 11 is 0. The van der Waals surface area contributed by atoms with Crippen molar-refractivity contribution in [1.29, 1.82) is 0 Å². The van der Waals surface area contributed by atoms with Crippen molar-refractivity contribution in [3.8, 4) is 11.1 Å². The van der Waals surface area contributed by atoms with Crippen LogP contribution in [-0.4, -0.2) is 18.4 Å². The Morgan fingerprint density at radius 1 is 0.828 bits per heavy atom. The molecule has 0 bridgehead atoms. The Hall–Kier alpha value is -3.40. The van der Waals surface area contributed by atoms with Gasteiger partial charge in [-0.1, -0.05) is 54.6 Å². The van der Waals surface area contributed by atoms with E-state index >= 15 is 0 Å². The number of hydrogen-bond acceptors (Lipinski definition) is 2. The topological polar surface area (TPSA) is 49.4 Å². The predicted molar refractivity (Wildman–Crippen MR) is 117 cm³/mol. The summed E-state index contributed by atoms with van der Waals surface area (Å²) < 4.78 is 0. The van der Waals surface area contributed by atoms with Crippen LogP contribution in [0.15, 0.2) is 78.9 Å². The second-order valence-electron chi connectivity index (χ2n) is 7.34. The third-order valence-electron chi connectivity index (χ3n) is 5.21. The molecular formula is C25H24N2O2. The Morgan fingerprint density at radius 2 is 1.52 bits per heavy atom. The summed E-state index contributed by atoms with van der Waals surface area (Å²) in [6.07, 6.45) is 2.94. The molecular weight excluding hydrogens is 360 g/mol. The number of amides is 2. The third kappa shape index (κ3) is 4.72. The number of rotatable bonds is 5. The van der Waals surface area contributed by atoms with Crippen molar-refractivity contribution in [2.75, 3.05) is 16.8 Å². The van der Waals surface area contributed by atoms with Gasteiger partial charge in [0.25, 0.3) is 0 Å². The van der Waals surface area contributed by atoms with E-state index in [-0.39, 0.29) is 11.8 Å². The lowest BCUT2D eigenvalue weighted by Gasteiger charge is -2.26. The molecule has 146 valence electrons. The molecule has 29 heavy (non-hydrogen) atoms. The van der Waals surface area contributed by atoms with Gasteiger partial charge in [-0.3, -0.25) is 9.59 Å². The first-order valence-electron chi connectivity index (χ1n) is 10.0. The lowest BCUT2D eigenvalue weighted by molar-refractivity contribution is -0.119. The minimum Gasteiger partial charge on any atom is -0.326 e. The van der Waals surface area contributed by atoms with E-state index in [1.807, 2.05) is 71.6 Å². The van der Waals surface area contributed by atoms with E-state index in [0.717, 1.165) is 47.5 Å². The summed E-state index contributed by atoms with van der Waals surface area (Å²) in [5.41, 5.74) is 4.90. The maximum absolute atomic E-state index is 12.4. The van der Waals surface area contributed by atoms with Crippen molar-refractivity contribution in [1.82, 2.24) is 0 Å². The van der Waals surface area contributed by atoms with Gasteiger partial charge in [0.05, 0.1) is 6.42 Å². The van der Waals surface area contributed by atoms with Crippen LogP contribution in [0.25, 0.3) is 11.1 Å². The second-order valence-corrected chi connectivity index (χ2v) is 7.34. The minimum absolute atomic E-state index is 0.0562. The highest BCUT2D eigenvalue weighted by Crippen LogP contribution is 2.23. The molecule has 4 heteroatoms. The number of nitrogens with zero attached hydrogens (tertiary/aromatic N) is 1. The first-order valence-corrected chi connectivity index (χ1v) is 10.0. The van der Waals surface area contributed by atoms with Crippen LogP contribution in [0.2, 0.25) is 0 Å². The maximum Gasteiger partial charge on any atom is 0.228 e. The number of carbonyl (C=O) groups excluding carboxylic acids is 2. The molecule has 1 fully saturated rings. The fraction of sp³-hybridized carbons (Fsp3) is 0.200.